The van der Waals surface area contributed by atoms with E-state index < -0.39 is 0 Å². The number of fused-ring (bicyclic) bond motifs is 1. The Hall–Kier alpha value is -0.770. The summed E-state index contributed by atoms with van der Waals surface area (Å²) in [6.45, 7) is 14.4. The van der Waals surface area contributed by atoms with Crippen LogP contribution in [0.15, 0.2) is 0 Å². The number of amides is 1. The minimum Gasteiger partial charge on any atom is -0.450 e. The average Bonchev–Trinajstić information content (AvgIpc) is 2.45. The number of rotatable bonds is 1. The van der Waals surface area contributed by atoms with Gasteiger partial charge in [0.15, 0.2) is 0 Å². The van der Waals surface area contributed by atoms with E-state index in [0.717, 1.165) is 32.4 Å². The molecule has 0 aromatic carbocycles. The van der Waals surface area contributed by atoms with Crippen LogP contribution in [0.5, 0.6) is 0 Å². The van der Waals surface area contributed by atoms with E-state index in [-0.39, 0.29) is 23.0 Å². The first kappa shape index (κ1) is 18.3. The molecule has 0 radical (unpaired) electrons. The van der Waals surface area contributed by atoms with Gasteiger partial charge in [0.2, 0.25) is 0 Å². The number of hydrogen-bond acceptors (Lipinski definition) is 3. The van der Waals surface area contributed by atoms with Crippen molar-refractivity contribution in [2.45, 2.75) is 66.9 Å². The Labute approximate surface area is 129 Å². The number of hydrogen-bond donors (Lipinski definition) is 1. The smallest absolute Gasteiger partial charge is 0.409 e. The van der Waals surface area contributed by atoms with Crippen LogP contribution in [0.2, 0.25) is 0 Å². The summed E-state index contributed by atoms with van der Waals surface area (Å²) in [5.74, 6) is 0.467. The Balaban J connectivity index is 0.00000106. The van der Waals surface area contributed by atoms with Crippen LogP contribution in [0.3, 0.4) is 0 Å². The van der Waals surface area contributed by atoms with Gasteiger partial charge >= 0.3 is 6.09 Å². The predicted molar refractivity (Wildman–Crippen MR) is 85.2 cm³/mol. The van der Waals surface area contributed by atoms with Crippen LogP contribution in [0, 0.1) is 16.7 Å². The number of aliphatic hydroxyl groups excluding tert-OH is 1. The van der Waals surface area contributed by atoms with E-state index in [1.54, 1.807) is 0 Å². The standard InChI is InChI=1S/C15H27NO3.C2H6/c1-5-19-13(18)16-9-7-11-14(2,3)12(17)6-8-15(11,4)10-16;1-2/h11-12,17H,5-10H2,1-4H3;1-2H3. The largest absolute Gasteiger partial charge is 0.450 e. The van der Waals surface area contributed by atoms with Crippen molar-refractivity contribution < 1.29 is 14.6 Å². The molecule has 3 atom stereocenters. The van der Waals surface area contributed by atoms with Crippen molar-refractivity contribution in [2.24, 2.45) is 16.7 Å². The molecular formula is C17H33NO3. The van der Waals surface area contributed by atoms with Crippen molar-refractivity contribution in [1.82, 2.24) is 4.90 Å². The number of piperidine rings is 1. The minimum atomic E-state index is -0.222. The molecule has 0 bridgehead atoms. The van der Waals surface area contributed by atoms with E-state index in [2.05, 4.69) is 20.8 Å². The van der Waals surface area contributed by atoms with Crippen molar-refractivity contribution in [2.75, 3.05) is 19.7 Å². The summed E-state index contributed by atoms with van der Waals surface area (Å²) in [5, 5.41) is 10.2. The van der Waals surface area contributed by atoms with Gasteiger partial charge in [0, 0.05) is 13.1 Å². The molecule has 0 aromatic heterocycles. The van der Waals surface area contributed by atoms with E-state index >= 15 is 0 Å². The van der Waals surface area contributed by atoms with Crippen molar-refractivity contribution in [3.05, 3.63) is 0 Å². The van der Waals surface area contributed by atoms with Gasteiger partial charge in [0.1, 0.15) is 0 Å². The molecule has 2 rings (SSSR count). The van der Waals surface area contributed by atoms with Crippen molar-refractivity contribution >= 4 is 6.09 Å². The van der Waals surface area contributed by atoms with Crippen LogP contribution in [-0.2, 0) is 4.74 Å². The summed E-state index contributed by atoms with van der Waals surface area (Å²) >= 11 is 0. The second-order valence-corrected chi connectivity index (χ2v) is 6.99. The Morgan fingerprint density at radius 1 is 1.29 bits per heavy atom. The summed E-state index contributed by atoms with van der Waals surface area (Å²) in [6, 6.07) is 0. The molecular weight excluding hydrogens is 266 g/mol. The monoisotopic (exact) mass is 299 g/mol. The fourth-order valence-corrected chi connectivity index (χ4v) is 4.22. The Bertz CT molecular complexity index is 356. The van der Waals surface area contributed by atoms with Gasteiger partial charge in [-0.05, 0) is 42.9 Å². The second-order valence-electron chi connectivity index (χ2n) is 6.99. The van der Waals surface area contributed by atoms with Crippen LogP contribution in [0.1, 0.15) is 60.8 Å². The van der Waals surface area contributed by atoms with Gasteiger partial charge in [0.25, 0.3) is 0 Å². The highest BCUT2D eigenvalue weighted by molar-refractivity contribution is 5.67. The van der Waals surface area contributed by atoms with Crippen molar-refractivity contribution in [3.63, 3.8) is 0 Å². The zero-order chi connectivity index (χ0) is 16.3. The molecule has 124 valence electrons. The normalized spacial score (nSPS) is 34.3. The topological polar surface area (TPSA) is 49.8 Å². The van der Waals surface area contributed by atoms with Crippen LogP contribution in [0.25, 0.3) is 0 Å². The molecule has 21 heavy (non-hydrogen) atoms. The Kier molecular flexibility index (Phi) is 6.09. The van der Waals surface area contributed by atoms with Gasteiger partial charge in [-0.15, -0.1) is 0 Å². The van der Waals surface area contributed by atoms with E-state index in [1.807, 2.05) is 25.7 Å². The van der Waals surface area contributed by atoms with E-state index in [0.29, 0.717) is 12.5 Å². The van der Waals surface area contributed by atoms with Gasteiger partial charge in [-0.1, -0.05) is 34.6 Å². The van der Waals surface area contributed by atoms with Crippen LogP contribution in [0.4, 0.5) is 4.79 Å². The lowest BCUT2D eigenvalue weighted by molar-refractivity contribution is -0.123. The van der Waals surface area contributed by atoms with Gasteiger partial charge in [-0.25, -0.2) is 4.79 Å². The zero-order valence-electron chi connectivity index (χ0n) is 14.6. The van der Waals surface area contributed by atoms with Crippen LogP contribution < -0.4 is 0 Å². The van der Waals surface area contributed by atoms with E-state index in [4.69, 9.17) is 4.74 Å². The second kappa shape index (κ2) is 6.99. The first-order chi connectivity index (χ1) is 9.81. The first-order valence-corrected chi connectivity index (χ1v) is 8.41. The number of likely N-dealkylation sites (tertiary alicyclic amines) is 1. The molecule has 1 saturated carbocycles. The highest BCUT2D eigenvalue weighted by atomic mass is 16.6. The quantitative estimate of drug-likeness (QED) is 0.803. The van der Waals surface area contributed by atoms with E-state index in [9.17, 15) is 9.90 Å². The fourth-order valence-electron chi connectivity index (χ4n) is 4.22. The molecule has 1 amide bonds. The summed E-state index contributed by atoms with van der Waals surface area (Å²) in [4.78, 5) is 13.7. The van der Waals surface area contributed by atoms with Gasteiger partial charge in [-0.2, -0.15) is 0 Å². The lowest BCUT2D eigenvalue weighted by Gasteiger charge is -2.57. The van der Waals surface area contributed by atoms with Crippen molar-refractivity contribution in [1.29, 1.82) is 0 Å². The lowest BCUT2D eigenvalue weighted by Crippen LogP contribution is -2.58. The summed E-state index contributed by atoms with van der Waals surface area (Å²) in [7, 11) is 0. The van der Waals surface area contributed by atoms with Crippen LogP contribution >= 0.6 is 0 Å². The first-order valence-electron chi connectivity index (χ1n) is 8.41. The third kappa shape index (κ3) is 3.53. The molecule has 0 aromatic rings. The minimum absolute atomic E-state index is 0.0618. The SMILES string of the molecule is CC.CCOC(=O)N1CCC2C(C)(CCC(O)C2(C)C)C1. The molecule has 4 nitrogen and oxygen atoms in total. The number of carbonyl (C=O) groups is 1. The number of nitrogens with zero attached hydrogens (tertiary/aromatic N) is 1. The third-order valence-corrected chi connectivity index (χ3v) is 5.35. The maximum Gasteiger partial charge on any atom is 0.409 e. The third-order valence-electron chi connectivity index (χ3n) is 5.35. The van der Waals surface area contributed by atoms with E-state index in [1.165, 1.54) is 0 Å². The molecule has 1 aliphatic carbocycles. The molecule has 0 spiro atoms. The maximum atomic E-state index is 11.9. The molecule has 1 saturated heterocycles. The molecule has 1 heterocycles. The summed E-state index contributed by atoms with van der Waals surface area (Å²) < 4.78 is 5.12. The summed E-state index contributed by atoms with van der Waals surface area (Å²) in [6.07, 6.45) is 2.36. The Morgan fingerprint density at radius 2 is 1.90 bits per heavy atom. The molecule has 1 N–H and O–H groups in total. The molecule has 1 aliphatic heterocycles. The number of ether oxygens (including phenoxy) is 1. The predicted octanol–water partition coefficient (Wildman–Crippen LogP) is 3.68. The molecule has 2 fully saturated rings. The van der Waals surface area contributed by atoms with Crippen LogP contribution in [-0.4, -0.2) is 41.9 Å². The van der Waals surface area contributed by atoms with Gasteiger partial charge in [0.05, 0.1) is 12.7 Å². The average molecular weight is 299 g/mol. The highest BCUT2D eigenvalue weighted by Gasteiger charge is 2.53. The molecule has 3 unspecified atom stereocenters. The van der Waals surface area contributed by atoms with Gasteiger partial charge < -0.3 is 14.7 Å². The maximum absolute atomic E-state index is 11.9. The van der Waals surface area contributed by atoms with Crippen molar-refractivity contribution in [3.8, 4) is 0 Å². The fraction of sp³-hybridized carbons (Fsp3) is 0.941. The summed E-state index contributed by atoms with van der Waals surface area (Å²) in [5.41, 5.74) is 0.0431. The molecule has 2 aliphatic rings. The Morgan fingerprint density at radius 3 is 2.48 bits per heavy atom. The highest BCUT2D eigenvalue weighted by Crippen LogP contribution is 2.54. The van der Waals surface area contributed by atoms with Gasteiger partial charge in [-0.3, -0.25) is 0 Å². The zero-order valence-corrected chi connectivity index (χ0v) is 14.6. The molecule has 4 heteroatoms. The number of carbonyl (C=O) groups excluding carboxylic acids is 1. The number of aliphatic hydroxyl groups is 1. The lowest BCUT2D eigenvalue weighted by atomic mass is 9.53.